The van der Waals surface area contributed by atoms with E-state index in [0.29, 0.717) is 18.4 Å². The molecule has 2 aromatic rings. The minimum Gasteiger partial charge on any atom is -0.352 e. The zero-order valence-corrected chi connectivity index (χ0v) is 20.6. The van der Waals surface area contributed by atoms with E-state index in [1.807, 2.05) is 6.92 Å². The summed E-state index contributed by atoms with van der Waals surface area (Å²) in [5, 5.41) is 10.9. The zero-order chi connectivity index (χ0) is 24.7. The molecular weight excluding hydrogens is 475 g/mol. The molecule has 0 spiro atoms. The predicted octanol–water partition coefficient (Wildman–Crippen LogP) is 3.17. The molecule has 0 unspecified atom stereocenters. The van der Waals surface area contributed by atoms with Crippen molar-refractivity contribution in [2.75, 3.05) is 6.54 Å². The average Bonchev–Trinajstić information content (AvgIpc) is 3.54. The van der Waals surface area contributed by atoms with Gasteiger partial charge in [-0.25, -0.2) is 9.46 Å². The Kier molecular flexibility index (Phi) is 6.87. The highest BCUT2D eigenvalue weighted by Gasteiger charge is 2.49. The number of non-ortho nitro benzene ring substituents is 1. The fraction of sp³-hybridized carbons (Fsp3) is 0.565. The Morgan fingerprint density at radius 2 is 2.03 bits per heavy atom. The maximum absolute atomic E-state index is 12.4. The van der Waals surface area contributed by atoms with Crippen LogP contribution in [0.2, 0.25) is 0 Å². The van der Waals surface area contributed by atoms with Crippen LogP contribution in [-0.2, 0) is 20.2 Å². The molecule has 188 valence electrons. The van der Waals surface area contributed by atoms with Crippen LogP contribution in [0.5, 0.6) is 0 Å². The Hall–Kier alpha value is -2.43. The van der Waals surface area contributed by atoms with Crippen molar-refractivity contribution in [2.24, 2.45) is 0 Å². The van der Waals surface area contributed by atoms with E-state index in [1.165, 1.54) is 22.9 Å². The first kappa shape index (κ1) is 24.3. The lowest BCUT2D eigenvalue weighted by molar-refractivity contribution is -0.384. The molecule has 1 N–H and O–H groups in total. The van der Waals surface area contributed by atoms with Crippen LogP contribution in [-0.4, -0.2) is 50.0 Å². The van der Waals surface area contributed by atoms with Crippen molar-refractivity contribution in [2.45, 2.75) is 76.5 Å². The first-order valence-corrected chi connectivity index (χ1v) is 13.1. The van der Waals surface area contributed by atoms with Gasteiger partial charge in [-0.1, -0.05) is 19.1 Å². The number of H-pyrrole nitrogens is 1. The summed E-state index contributed by atoms with van der Waals surface area (Å²) >= 11 is 0. The summed E-state index contributed by atoms with van der Waals surface area (Å²) in [5.41, 5.74) is 0.626. The maximum Gasteiger partial charge on any atom is 0.330 e. The molecule has 0 radical (unpaired) electrons. The molecule has 3 aliphatic heterocycles. The van der Waals surface area contributed by atoms with Crippen molar-refractivity contribution >= 4 is 14.2 Å². The first-order chi connectivity index (χ1) is 16.8. The average molecular weight is 504 g/mol. The van der Waals surface area contributed by atoms with Gasteiger partial charge in [-0.05, 0) is 31.7 Å². The van der Waals surface area contributed by atoms with Crippen molar-refractivity contribution in [3.63, 3.8) is 0 Å². The van der Waals surface area contributed by atoms with E-state index in [0.717, 1.165) is 31.4 Å². The van der Waals surface area contributed by atoms with E-state index < -0.39 is 30.9 Å². The number of rotatable bonds is 7. The molecule has 5 rings (SSSR count). The second-order valence-corrected chi connectivity index (χ2v) is 10.7. The monoisotopic (exact) mass is 504 g/mol. The van der Waals surface area contributed by atoms with Crippen LogP contribution in [0, 0.1) is 17.0 Å². The Morgan fingerprint density at radius 3 is 2.74 bits per heavy atom. The molecule has 3 fully saturated rings. The molecule has 6 atom stereocenters. The van der Waals surface area contributed by atoms with Gasteiger partial charge in [0.1, 0.15) is 6.23 Å². The normalized spacial score (nSPS) is 30.6. The number of aryl methyl sites for hydroxylation is 1. The molecule has 4 heterocycles. The quantitative estimate of drug-likeness (QED) is 0.346. The maximum atomic E-state index is 12.4. The molecule has 1 aromatic heterocycles. The molecular formula is C23H29N4O7P. The molecule has 0 aliphatic carbocycles. The van der Waals surface area contributed by atoms with E-state index in [1.54, 1.807) is 19.1 Å². The summed E-state index contributed by atoms with van der Waals surface area (Å²) in [7, 11) is -1.29. The highest BCUT2D eigenvalue weighted by atomic mass is 31.2. The number of hydrogen-bond donors (Lipinski definition) is 1. The van der Waals surface area contributed by atoms with Crippen LogP contribution >= 0.6 is 8.53 Å². The Labute approximate surface area is 203 Å². The molecule has 1 aromatic carbocycles. The van der Waals surface area contributed by atoms with Crippen molar-refractivity contribution in [3.8, 4) is 0 Å². The molecule has 3 aliphatic rings. The van der Waals surface area contributed by atoms with Gasteiger partial charge in [-0.3, -0.25) is 24.5 Å². The number of aromatic nitrogens is 2. The van der Waals surface area contributed by atoms with Crippen LogP contribution in [0.4, 0.5) is 5.69 Å². The molecule has 35 heavy (non-hydrogen) atoms. The minimum absolute atomic E-state index is 0.0484. The van der Waals surface area contributed by atoms with E-state index in [4.69, 9.17) is 13.8 Å². The largest absolute Gasteiger partial charge is 0.352 e. The summed E-state index contributed by atoms with van der Waals surface area (Å²) in [6.45, 7) is 4.58. The molecule has 0 amide bonds. The van der Waals surface area contributed by atoms with Gasteiger partial charge in [-0.2, -0.15) is 0 Å². The highest BCUT2D eigenvalue weighted by Crippen LogP contribution is 2.58. The lowest BCUT2D eigenvalue weighted by Crippen LogP contribution is -2.33. The van der Waals surface area contributed by atoms with Crippen LogP contribution in [0.1, 0.15) is 50.0 Å². The summed E-state index contributed by atoms with van der Waals surface area (Å²) in [6, 6.07) is 6.87. The minimum atomic E-state index is -1.29. The summed E-state index contributed by atoms with van der Waals surface area (Å²) < 4.78 is 22.8. The third-order valence-corrected chi connectivity index (χ3v) is 8.80. The van der Waals surface area contributed by atoms with E-state index in [2.05, 4.69) is 9.65 Å². The van der Waals surface area contributed by atoms with Gasteiger partial charge in [0.2, 0.25) is 0 Å². The second-order valence-electron chi connectivity index (χ2n) is 9.28. The van der Waals surface area contributed by atoms with E-state index in [-0.39, 0.29) is 30.0 Å². The number of aromatic amines is 1. The van der Waals surface area contributed by atoms with Gasteiger partial charge in [0, 0.05) is 49.3 Å². The second kappa shape index (κ2) is 9.91. The fourth-order valence-corrected chi connectivity index (χ4v) is 7.11. The standard InChI is InChI=1S/C23H29N4O7P/c1-3-18-20(12-21(32-18)25-13-14(2)22(28)24-23(25)29)34-35-26-10-4-5-17(26)19(33-35)11-15-6-8-16(9-7-15)27(30)31/h6-9,13,17-21H,3-5,10-12H2,1-2H3,(H,24,28,29)/t17-,18-,19+,20-,21-,35+/m1/s1. The fourth-order valence-electron chi connectivity index (χ4n) is 5.11. The number of nitrogens with zero attached hydrogens (tertiary/aromatic N) is 3. The SMILES string of the molecule is CC[C@H]1O[C@@H](n2cc(C)c(=O)[nH]c2=O)C[C@H]1O[P@]1O[C@@H](Cc2ccc([N+](=O)[O-])cc2)[C@H]2CCCN21. The Morgan fingerprint density at radius 1 is 1.26 bits per heavy atom. The van der Waals surface area contributed by atoms with Crippen LogP contribution in [0.3, 0.4) is 0 Å². The molecule has 12 heteroatoms. The third-order valence-electron chi connectivity index (χ3n) is 6.98. The van der Waals surface area contributed by atoms with Gasteiger partial charge in [-0.15, -0.1) is 0 Å². The van der Waals surface area contributed by atoms with Crippen molar-refractivity contribution in [3.05, 3.63) is 72.5 Å². The molecule has 3 saturated heterocycles. The van der Waals surface area contributed by atoms with Gasteiger partial charge in [0.15, 0.2) is 0 Å². The lowest BCUT2D eigenvalue weighted by atomic mass is 10.0. The van der Waals surface area contributed by atoms with Crippen molar-refractivity contribution in [1.82, 2.24) is 14.2 Å². The summed E-state index contributed by atoms with van der Waals surface area (Å²) in [4.78, 5) is 37.0. The lowest BCUT2D eigenvalue weighted by Gasteiger charge is -2.25. The predicted molar refractivity (Wildman–Crippen MR) is 128 cm³/mol. The molecule has 0 saturated carbocycles. The van der Waals surface area contributed by atoms with Gasteiger partial charge in [0.25, 0.3) is 19.8 Å². The van der Waals surface area contributed by atoms with Gasteiger partial charge < -0.3 is 13.8 Å². The molecule has 11 nitrogen and oxygen atoms in total. The number of nitrogens with one attached hydrogen (secondary N) is 1. The number of fused-ring (bicyclic) bond motifs is 1. The number of nitro groups is 1. The Bertz CT molecular complexity index is 1200. The first-order valence-electron chi connectivity index (χ1n) is 11.9. The topological polar surface area (TPSA) is 129 Å². The zero-order valence-electron chi connectivity index (χ0n) is 19.7. The van der Waals surface area contributed by atoms with Crippen molar-refractivity contribution in [1.29, 1.82) is 0 Å². The van der Waals surface area contributed by atoms with Crippen molar-refractivity contribution < 1.29 is 18.7 Å². The smallest absolute Gasteiger partial charge is 0.330 e. The van der Waals surface area contributed by atoms with Crippen LogP contribution < -0.4 is 11.2 Å². The highest BCUT2D eigenvalue weighted by molar-refractivity contribution is 7.45. The molecule has 0 bridgehead atoms. The Balaban J connectivity index is 1.28. The summed E-state index contributed by atoms with van der Waals surface area (Å²) in [6.07, 6.45) is 4.49. The van der Waals surface area contributed by atoms with E-state index >= 15 is 0 Å². The number of nitro benzene ring substituents is 1. The van der Waals surface area contributed by atoms with E-state index in [9.17, 15) is 19.7 Å². The number of ether oxygens (including phenoxy) is 1. The van der Waals surface area contributed by atoms with Gasteiger partial charge >= 0.3 is 5.69 Å². The van der Waals surface area contributed by atoms with Gasteiger partial charge in [0.05, 0.1) is 23.2 Å². The number of benzene rings is 1. The summed E-state index contributed by atoms with van der Waals surface area (Å²) in [5.74, 6) is 0. The third kappa shape index (κ3) is 4.83. The van der Waals surface area contributed by atoms with Crippen LogP contribution in [0.25, 0.3) is 0 Å². The number of hydrogen-bond acceptors (Lipinski definition) is 8. The van der Waals surface area contributed by atoms with Crippen LogP contribution in [0.15, 0.2) is 40.1 Å².